The van der Waals surface area contributed by atoms with E-state index in [0.29, 0.717) is 49.6 Å². The van der Waals surface area contributed by atoms with Gasteiger partial charge < -0.3 is 20.3 Å². The van der Waals surface area contributed by atoms with Crippen molar-refractivity contribution in [2.45, 2.75) is 25.8 Å². The van der Waals surface area contributed by atoms with E-state index < -0.39 is 0 Å². The molecule has 0 atom stereocenters. The number of aromatic nitrogens is 2. The van der Waals surface area contributed by atoms with Crippen LogP contribution in [0.25, 0.3) is 0 Å². The number of likely N-dealkylation sites (tertiary alicyclic amines) is 1. The van der Waals surface area contributed by atoms with E-state index in [1.165, 1.54) is 12.4 Å². The van der Waals surface area contributed by atoms with Gasteiger partial charge in [-0.05, 0) is 31.9 Å². The number of hydrogen-bond donors (Lipinski definition) is 2. The van der Waals surface area contributed by atoms with E-state index in [0.717, 1.165) is 0 Å². The number of para-hydroxylation sites is 1. The maximum absolute atomic E-state index is 12.4. The Morgan fingerprint density at radius 2 is 2.00 bits per heavy atom. The predicted molar refractivity (Wildman–Crippen MR) is 106 cm³/mol. The first-order chi connectivity index (χ1) is 14.1. The highest BCUT2D eigenvalue weighted by molar-refractivity contribution is 5.92. The number of nitrogens with zero attached hydrogens (tertiary/aromatic N) is 4. The molecule has 1 aromatic carbocycles. The fourth-order valence-electron chi connectivity index (χ4n) is 3.02. The smallest absolute Gasteiger partial charge is 0.409 e. The molecule has 0 aliphatic carbocycles. The largest absolute Gasteiger partial charge is 0.450 e. The van der Waals surface area contributed by atoms with Crippen molar-refractivity contribution >= 4 is 23.5 Å². The van der Waals surface area contributed by atoms with Gasteiger partial charge in [0.25, 0.3) is 5.91 Å². The Labute approximate surface area is 168 Å². The molecule has 0 spiro atoms. The molecule has 29 heavy (non-hydrogen) atoms. The molecule has 2 amide bonds. The Hall–Kier alpha value is -3.67. The summed E-state index contributed by atoms with van der Waals surface area (Å²) in [5.41, 5.74) is 1.32. The SMILES string of the molecule is CCOC(=O)N1CCC(NC(=O)c2cnc(Nc3ccccc3C#N)cn2)CC1. The van der Waals surface area contributed by atoms with Crippen molar-refractivity contribution in [1.82, 2.24) is 20.2 Å². The minimum atomic E-state index is -0.316. The van der Waals surface area contributed by atoms with Crippen LogP contribution in [0.2, 0.25) is 0 Å². The Morgan fingerprint density at radius 3 is 2.66 bits per heavy atom. The zero-order valence-electron chi connectivity index (χ0n) is 16.1. The zero-order valence-corrected chi connectivity index (χ0v) is 16.1. The van der Waals surface area contributed by atoms with Gasteiger partial charge in [0.2, 0.25) is 0 Å². The van der Waals surface area contributed by atoms with E-state index in [2.05, 4.69) is 26.7 Å². The standard InChI is InChI=1S/C20H22N6O3/c1-2-29-20(28)26-9-7-15(8-10-26)24-19(27)17-12-23-18(13-22-17)25-16-6-4-3-5-14(16)11-21/h3-6,12-13,15H,2,7-10H2,1H3,(H,23,25)(H,24,27). The van der Waals surface area contributed by atoms with Crippen LogP contribution in [0.4, 0.5) is 16.3 Å². The van der Waals surface area contributed by atoms with Crippen LogP contribution in [0.1, 0.15) is 35.8 Å². The summed E-state index contributed by atoms with van der Waals surface area (Å²) in [6.45, 7) is 3.20. The van der Waals surface area contributed by atoms with Crippen molar-refractivity contribution in [3.8, 4) is 6.07 Å². The number of rotatable bonds is 5. The molecule has 0 radical (unpaired) electrons. The topological polar surface area (TPSA) is 120 Å². The minimum absolute atomic E-state index is 0.0321. The summed E-state index contributed by atoms with van der Waals surface area (Å²) in [6, 6.07) is 9.12. The number of amides is 2. The lowest BCUT2D eigenvalue weighted by atomic mass is 10.1. The number of hydrogen-bond acceptors (Lipinski definition) is 7. The molecule has 0 saturated carbocycles. The number of ether oxygens (including phenoxy) is 1. The number of nitrogens with one attached hydrogen (secondary N) is 2. The van der Waals surface area contributed by atoms with Gasteiger partial charge in [-0.3, -0.25) is 4.79 Å². The third-order valence-electron chi connectivity index (χ3n) is 4.55. The summed E-state index contributed by atoms with van der Waals surface area (Å²) < 4.78 is 4.99. The highest BCUT2D eigenvalue weighted by Gasteiger charge is 2.25. The molecule has 2 heterocycles. The van der Waals surface area contributed by atoms with E-state index in [9.17, 15) is 9.59 Å². The van der Waals surface area contributed by atoms with Crippen molar-refractivity contribution in [1.29, 1.82) is 5.26 Å². The lowest BCUT2D eigenvalue weighted by Crippen LogP contribution is -2.46. The number of carbonyl (C=O) groups is 2. The van der Waals surface area contributed by atoms with Crippen LogP contribution in [0.5, 0.6) is 0 Å². The first-order valence-corrected chi connectivity index (χ1v) is 9.41. The predicted octanol–water partition coefficient (Wildman–Crippen LogP) is 2.44. The van der Waals surface area contributed by atoms with E-state index in [1.807, 2.05) is 6.07 Å². The van der Waals surface area contributed by atoms with Crippen molar-refractivity contribution in [3.63, 3.8) is 0 Å². The fraction of sp³-hybridized carbons (Fsp3) is 0.350. The van der Waals surface area contributed by atoms with Gasteiger partial charge in [0.1, 0.15) is 17.6 Å². The molecule has 0 unspecified atom stereocenters. The lowest BCUT2D eigenvalue weighted by Gasteiger charge is -2.31. The van der Waals surface area contributed by atoms with E-state index in [4.69, 9.17) is 10.00 Å². The van der Waals surface area contributed by atoms with Gasteiger partial charge >= 0.3 is 6.09 Å². The fourth-order valence-corrected chi connectivity index (χ4v) is 3.02. The van der Waals surface area contributed by atoms with Gasteiger partial charge in [0.05, 0.1) is 30.3 Å². The maximum Gasteiger partial charge on any atom is 0.409 e. The monoisotopic (exact) mass is 394 g/mol. The molecule has 1 saturated heterocycles. The normalized spacial score (nSPS) is 14.0. The van der Waals surface area contributed by atoms with E-state index >= 15 is 0 Å². The minimum Gasteiger partial charge on any atom is -0.450 e. The number of benzene rings is 1. The van der Waals surface area contributed by atoms with Crippen LogP contribution in [0, 0.1) is 11.3 Å². The zero-order chi connectivity index (χ0) is 20.6. The molecule has 150 valence electrons. The molecule has 9 nitrogen and oxygen atoms in total. The molecule has 9 heteroatoms. The number of anilines is 2. The van der Waals surface area contributed by atoms with E-state index in [-0.39, 0.29) is 23.7 Å². The van der Waals surface area contributed by atoms with Crippen molar-refractivity contribution < 1.29 is 14.3 Å². The summed E-state index contributed by atoms with van der Waals surface area (Å²) in [6.07, 6.45) is 3.84. The second-order valence-corrected chi connectivity index (χ2v) is 6.50. The first kappa shape index (κ1) is 20.1. The molecule has 1 aromatic heterocycles. The molecule has 1 aliphatic heterocycles. The number of nitriles is 1. The summed E-state index contributed by atoms with van der Waals surface area (Å²) in [4.78, 5) is 34.2. The van der Waals surface area contributed by atoms with E-state index in [1.54, 1.807) is 30.0 Å². The van der Waals surface area contributed by atoms with Crippen LogP contribution >= 0.6 is 0 Å². The van der Waals surface area contributed by atoms with Gasteiger partial charge in [0.15, 0.2) is 0 Å². The highest BCUT2D eigenvalue weighted by Crippen LogP contribution is 2.18. The number of piperidine rings is 1. The summed E-state index contributed by atoms with van der Waals surface area (Å²) in [7, 11) is 0. The molecule has 1 fully saturated rings. The Kier molecular flexibility index (Phi) is 6.58. The van der Waals surface area contributed by atoms with Crippen LogP contribution in [-0.4, -0.2) is 52.6 Å². The lowest BCUT2D eigenvalue weighted by molar-refractivity contribution is 0.0856. The van der Waals surface area contributed by atoms with Gasteiger partial charge in [-0.1, -0.05) is 12.1 Å². The average Bonchev–Trinajstić information content (AvgIpc) is 2.75. The van der Waals surface area contributed by atoms with Gasteiger partial charge in [0, 0.05) is 19.1 Å². The molecular formula is C20H22N6O3. The van der Waals surface area contributed by atoms with Gasteiger partial charge in [-0.25, -0.2) is 14.8 Å². The van der Waals surface area contributed by atoms with Gasteiger partial charge in [-0.2, -0.15) is 5.26 Å². The van der Waals surface area contributed by atoms with Crippen LogP contribution < -0.4 is 10.6 Å². The highest BCUT2D eigenvalue weighted by atomic mass is 16.6. The maximum atomic E-state index is 12.4. The Balaban J connectivity index is 1.53. The van der Waals surface area contributed by atoms with Gasteiger partial charge in [-0.15, -0.1) is 0 Å². The average molecular weight is 394 g/mol. The third-order valence-corrected chi connectivity index (χ3v) is 4.55. The van der Waals surface area contributed by atoms with Crippen molar-refractivity contribution in [2.24, 2.45) is 0 Å². The van der Waals surface area contributed by atoms with Crippen LogP contribution in [-0.2, 0) is 4.74 Å². The second-order valence-electron chi connectivity index (χ2n) is 6.50. The second kappa shape index (κ2) is 9.50. The third kappa shape index (κ3) is 5.19. The molecule has 2 aromatic rings. The van der Waals surface area contributed by atoms with Crippen molar-refractivity contribution in [2.75, 3.05) is 25.0 Å². The molecule has 3 rings (SSSR count). The molecule has 1 aliphatic rings. The molecular weight excluding hydrogens is 372 g/mol. The van der Waals surface area contributed by atoms with Crippen LogP contribution in [0.3, 0.4) is 0 Å². The first-order valence-electron chi connectivity index (χ1n) is 9.41. The summed E-state index contributed by atoms with van der Waals surface area (Å²) >= 11 is 0. The Morgan fingerprint density at radius 1 is 1.24 bits per heavy atom. The molecule has 0 bridgehead atoms. The number of carbonyl (C=O) groups excluding carboxylic acids is 2. The molecule has 2 N–H and O–H groups in total. The van der Waals surface area contributed by atoms with Crippen LogP contribution in [0.15, 0.2) is 36.7 Å². The quantitative estimate of drug-likeness (QED) is 0.799. The Bertz CT molecular complexity index is 901. The summed E-state index contributed by atoms with van der Waals surface area (Å²) in [5, 5.41) is 15.1. The van der Waals surface area contributed by atoms with Crippen molar-refractivity contribution in [3.05, 3.63) is 47.9 Å². The summed E-state index contributed by atoms with van der Waals surface area (Å²) in [5.74, 6) is 0.128.